The van der Waals surface area contributed by atoms with Gasteiger partial charge < -0.3 is 18.6 Å². The van der Waals surface area contributed by atoms with Crippen LogP contribution in [-0.2, 0) is 11.3 Å². The summed E-state index contributed by atoms with van der Waals surface area (Å²) < 4.78 is 23.1. The first-order valence-corrected chi connectivity index (χ1v) is 9.31. The molecule has 1 fully saturated rings. The van der Waals surface area contributed by atoms with Crippen molar-refractivity contribution in [2.75, 3.05) is 19.9 Å². The van der Waals surface area contributed by atoms with Gasteiger partial charge in [-0.25, -0.2) is 0 Å². The predicted octanol–water partition coefficient (Wildman–Crippen LogP) is 3.54. The Morgan fingerprint density at radius 3 is 2.96 bits per heavy atom. The van der Waals surface area contributed by atoms with Crippen LogP contribution in [0.1, 0.15) is 40.3 Å². The number of hydrogen-bond donors (Lipinski definition) is 0. The number of carbonyl (C=O) groups is 1. The zero-order valence-electron chi connectivity index (χ0n) is 15.2. The molecule has 27 heavy (non-hydrogen) atoms. The lowest BCUT2D eigenvalue weighted by Crippen LogP contribution is -2.37. The lowest BCUT2D eigenvalue weighted by atomic mass is 10.0. The van der Waals surface area contributed by atoms with E-state index < -0.39 is 0 Å². The number of furan rings is 1. The maximum absolute atomic E-state index is 12.7. The van der Waals surface area contributed by atoms with E-state index in [-0.39, 0.29) is 17.6 Å². The first-order valence-electron chi connectivity index (χ1n) is 9.31. The summed E-state index contributed by atoms with van der Waals surface area (Å²) in [5.74, 6) is 2.93. The van der Waals surface area contributed by atoms with Gasteiger partial charge in [0.05, 0.1) is 17.2 Å². The van der Waals surface area contributed by atoms with Gasteiger partial charge in [-0.15, -0.1) is 0 Å². The average molecular weight is 367 g/mol. The van der Waals surface area contributed by atoms with Crippen LogP contribution in [0.2, 0.25) is 0 Å². The van der Waals surface area contributed by atoms with E-state index in [1.807, 2.05) is 25.1 Å². The van der Waals surface area contributed by atoms with E-state index in [1.54, 1.807) is 12.1 Å². The highest BCUT2D eigenvalue weighted by molar-refractivity contribution is 6.14. The first kappa shape index (κ1) is 16.6. The molecule has 6 nitrogen and oxygen atoms in total. The van der Waals surface area contributed by atoms with E-state index in [2.05, 4.69) is 4.90 Å². The lowest BCUT2D eigenvalue weighted by molar-refractivity contribution is 0.0274. The Morgan fingerprint density at radius 2 is 2.19 bits per heavy atom. The van der Waals surface area contributed by atoms with Crippen LogP contribution in [-0.4, -0.2) is 36.7 Å². The number of allylic oxidation sites excluding steroid dienone is 1. The number of rotatable bonds is 3. The summed E-state index contributed by atoms with van der Waals surface area (Å²) >= 11 is 0. The van der Waals surface area contributed by atoms with Crippen LogP contribution in [0.25, 0.3) is 6.08 Å². The molecule has 1 atom stereocenters. The molecule has 1 aromatic heterocycles. The minimum atomic E-state index is -0.127. The van der Waals surface area contributed by atoms with Crippen molar-refractivity contribution in [1.29, 1.82) is 0 Å². The molecule has 6 heteroatoms. The molecule has 0 bridgehead atoms. The van der Waals surface area contributed by atoms with E-state index in [1.165, 1.54) is 0 Å². The Labute approximate surface area is 157 Å². The predicted molar refractivity (Wildman–Crippen MR) is 97.7 cm³/mol. The number of hydrogen-bond acceptors (Lipinski definition) is 6. The van der Waals surface area contributed by atoms with Gasteiger partial charge in [0.25, 0.3) is 0 Å². The molecular weight excluding hydrogens is 346 g/mol. The molecule has 0 unspecified atom stereocenters. The zero-order chi connectivity index (χ0) is 18.4. The van der Waals surface area contributed by atoms with Crippen molar-refractivity contribution in [2.24, 2.45) is 0 Å². The molecule has 1 saturated heterocycles. The third-order valence-electron chi connectivity index (χ3n) is 5.20. The number of ether oxygens (including phenoxy) is 3. The highest BCUT2D eigenvalue weighted by Crippen LogP contribution is 2.42. The lowest BCUT2D eigenvalue weighted by Gasteiger charge is -2.31. The molecule has 5 rings (SSSR count). The third kappa shape index (κ3) is 3.05. The van der Waals surface area contributed by atoms with Crippen molar-refractivity contribution in [2.45, 2.75) is 32.4 Å². The van der Waals surface area contributed by atoms with Gasteiger partial charge in [0.15, 0.2) is 5.76 Å². The number of benzene rings is 1. The molecule has 4 heterocycles. The molecule has 3 aliphatic rings. The topological polar surface area (TPSA) is 61.1 Å². The third-order valence-corrected chi connectivity index (χ3v) is 5.20. The normalized spacial score (nSPS) is 23.2. The quantitative estimate of drug-likeness (QED) is 0.774. The van der Waals surface area contributed by atoms with E-state index in [0.717, 1.165) is 43.1 Å². The maximum atomic E-state index is 12.7. The summed E-state index contributed by atoms with van der Waals surface area (Å²) in [7, 11) is 0. The van der Waals surface area contributed by atoms with Crippen LogP contribution in [0.5, 0.6) is 11.5 Å². The number of aryl methyl sites for hydroxylation is 1. The van der Waals surface area contributed by atoms with Gasteiger partial charge in [-0.2, -0.15) is 0 Å². The van der Waals surface area contributed by atoms with Crippen LogP contribution in [0, 0.1) is 6.92 Å². The second-order valence-electron chi connectivity index (χ2n) is 7.23. The van der Waals surface area contributed by atoms with Gasteiger partial charge in [-0.05, 0) is 44.0 Å². The fourth-order valence-electron chi connectivity index (χ4n) is 3.86. The Balaban J connectivity index is 1.41. The summed E-state index contributed by atoms with van der Waals surface area (Å²) in [6.45, 7) is 4.73. The highest BCUT2D eigenvalue weighted by Gasteiger charge is 2.34. The standard InChI is InChI=1S/C21H21NO5/c1-13-4-5-14(26-13)9-19-20(23)16-6-7-18-17(21(16)27-19)11-22(12-25-18)10-15-3-2-8-24-15/h4-7,9,15H,2-3,8,10-12H2,1H3/b19-9-/t15-/m0/s1. The fourth-order valence-corrected chi connectivity index (χ4v) is 3.86. The number of ketones is 1. The van der Waals surface area contributed by atoms with Crippen LogP contribution < -0.4 is 9.47 Å². The number of Topliss-reactive ketones (excluding diaryl/α,β-unsaturated/α-hetero) is 1. The summed E-state index contributed by atoms with van der Waals surface area (Å²) in [6.07, 6.45) is 4.10. The van der Waals surface area contributed by atoms with E-state index in [9.17, 15) is 4.79 Å². The van der Waals surface area contributed by atoms with Crippen molar-refractivity contribution >= 4 is 11.9 Å². The van der Waals surface area contributed by atoms with Crippen molar-refractivity contribution in [3.63, 3.8) is 0 Å². The fraction of sp³-hybridized carbons (Fsp3) is 0.381. The van der Waals surface area contributed by atoms with Crippen molar-refractivity contribution in [3.8, 4) is 11.5 Å². The Bertz CT molecular complexity index is 923. The van der Waals surface area contributed by atoms with E-state index in [4.69, 9.17) is 18.6 Å². The van der Waals surface area contributed by atoms with Gasteiger partial charge in [0.2, 0.25) is 5.78 Å². The minimum absolute atomic E-state index is 0.127. The smallest absolute Gasteiger partial charge is 0.232 e. The van der Waals surface area contributed by atoms with Gasteiger partial charge in [-0.1, -0.05) is 0 Å². The number of fused-ring (bicyclic) bond motifs is 3. The molecule has 0 aliphatic carbocycles. The highest BCUT2D eigenvalue weighted by atomic mass is 16.5. The van der Waals surface area contributed by atoms with Gasteiger partial charge in [-0.3, -0.25) is 9.69 Å². The largest absolute Gasteiger partial charge is 0.478 e. The summed E-state index contributed by atoms with van der Waals surface area (Å²) in [5.41, 5.74) is 1.50. The first-order chi connectivity index (χ1) is 13.2. The Kier molecular flexibility index (Phi) is 4.02. The van der Waals surface area contributed by atoms with Crippen LogP contribution in [0.4, 0.5) is 0 Å². The molecule has 1 aromatic carbocycles. The Morgan fingerprint density at radius 1 is 1.26 bits per heavy atom. The molecule has 0 N–H and O–H groups in total. The average Bonchev–Trinajstić information content (AvgIpc) is 3.38. The molecule has 0 spiro atoms. The molecule has 0 saturated carbocycles. The maximum Gasteiger partial charge on any atom is 0.232 e. The second kappa shape index (κ2) is 6.55. The number of carbonyl (C=O) groups excluding carboxylic acids is 1. The second-order valence-corrected chi connectivity index (χ2v) is 7.23. The van der Waals surface area contributed by atoms with Crippen LogP contribution in [0.3, 0.4) is 0 Å². The SMILES string of the molecule is Cc1ccc(/C=C2\Oc3c(ccc4c3CN(C[C@@H]3CCCO3)CO4)C2=O)o1. The minimum Gasteiger partial charge on any atom is -0.478 e. The van der Waals surface area contributed by atoms with Crippen molar-refractivity contribution < 1.29 is 23.4 Å². The monoisotopic (exact) mass is 367 g/mol. The molecule has 3 aliphatic heterocycles. The Hall–Kier alpha value is -2.57. The molecular formula is C21H21NO5. The van der Waals surface area contributed by atoms with Crippen molar-refractivity contribution in [1.82, 2.24) is 4.90 Å². The molecule has 0 radical (unpaired) electrons. The van der Waals surface area contributed by atoms with E-state index in [0.29, 0.717) is 30.3 Å². The summed E-state index contributed by atoms with van der Waals surface area (Å²) in [5, 5.41) is 0. The molecule has 140 valence electrons. The van der Waals surface area contributed by atoms with Crippen molar-refractivity contribution in [3.05, 3.63) is 52.7 Å². The van der Waals surface area contributed by atoms with Gasteiger partial charge in [0, 0.05) is 25.8 Å². The summed E-state index contributed by atoms with van der Waals surface area (Å²) in [6, 6.07) is 7.32. The van der Waals surface area contributed by atoms with Crippen LogP contribution >= 0.6 is 0 Å². The number of nitrogens with zero attached hydrogens (tertiary/aromatic N) is 1. The van der Waals surface area contributed by atoms with E-state index >= 15 is 0 Å². The summed E-state index contributed by atoms with van der Waals surface area (Å²) in [4.78, 5) is 14.9. The zero-order valence-corrected chi connectivity index (χ0v) is 15.2. The van der Waals surface area contributed by atoms with Gasteiger partial charge in [0.1, 0.15) is 29.8 Å². The molecule has 2 aromatic rings. The van der Waals surface area contributed by atoms with Gasteiger partial charge >= 0.3 is 0 Å². The molecule has 0 amide bonds. The van der Waals surface area contributed by atoms with Crippen LogP contribution in [0.15, 0.2) is 34.4 Å².